The molecule has 0 aromatic heterocycles. The van der Waals surface area contributed by atoms with Gasteiger partial charge in [0, 0.05) is 0 Å². The molecule has 1 aliphatic rings. The molecule has 1 amide bonds. The van der Waals surface area contributed by atoms with E-state index in [0.29, 0.717) is 0 Å². The highest BCUT2D eigenvalue weighted by atomic mass is 32.2. The number of ketones is 1. The standard InChI is InChI=1S/C17H22N2O5S/c1-11-5-7-12(8-6-11)25(22,23)19-13-9-10-14(20)15(13)18-16(21)24-17(2,3)4/h5-10,13,15,19H,1-4H3,(H,18,21)/t13-,15+/m1/s1. The summed E-state index contributed by atoms with van der Waals surface area (Å²) in [5.41, 5.74) is 0.204. The number of benzene rings is 1. The summed E-state index contributed by atoms with van der Waals surface area (Å²) in [4.78, 5) is 23.9. The molecule has 0 unspecified atom stereocenters. The van der Waals surface area contributed by atoms with Gasteiger partial charge in [-0.25, -0.2) is 17.9 Å². The summed E-state index contributed by atoms with van der Waals surface area (Å²) in [5.74, 6) is -0.400. The number of hydrogen-bond acceptors (Lipinski definition) is 5. The van der Waals surface area contributed by atoms with E-state index >= 15 is 0 Å². The van der Waals surface area contributed by atoms with Crippen molar-refractivity contribution in [2.75, 3.05) is 0 Å². The van der Waals surface area contributed by atoms with Crippen LogP contribution < -0.4 is 10.0 Å². The Bertz CT molecular complexity index is 791. The summed E-state index contributed by atoms with van der Waals surface area (Å²) in [6.45, 7) is 6.93. The van der Waals surface area contributed by atoms with Gasteiger partial charge in [0.15, 0.2) is 5.78 Å². The Kier molecular flexibility index (Phi) is 5.34. The quantitative estimate of drug-likeness (QED) is 0.844. The third-order valence-corrected chi connectivity index (χ3v) is 4.90. The van der Waals surface area contributed by atoms with Crippen LogP contribution in [0.25, 0.3) is 0 Å². The van der Waals surface area contributed by atoms with Crippen LogP contribution in [0.1, 0.15) is 26.3 Å². The molecule has 0 spiro atoms. The second-order valence-electron chi connectivity index (χ2n) is 6.85. The lowest BCUT2D eigenvalue weighted by atomic mass is 10.1. The topological polar surface area (TPSA) is 102 Å². The molecule has 0 saturated carbocycles. The fourth-order valence-corrected chi connectivity index (χ4v) is 3.46. The minimum atomic E-state index is -3.83. The first-order chi connectivity index (χ1) is 11.5. The zero-order chi connectivity index (χ0) is 18.8. The Balaban J connectivity index is 2.12. The van der Waals surface area contributed by atoms with Crippen LogP contribution in [-0.4, -0.2) is 38.0 Å². The Hall–Kier alpha value is -2.19. The summed E-state index contributed by atoms with van der Waals surface area (Å²) in [6, 6.07) is 4.39. The predicted molar refractivity (Wildman–Crippen MR) is 92.6 cm³/mol. The number of nitrogens with one attached hydrogen (secondary N) is 2. The van der Waals surface area contributed by atoms with Crippen LogP contribution in [0, 0.1) is 6.92 Å². The Morgan fingerprint density at radius 1 is 1.16 bits per heavy atom. The number of carbonyl (C=O) groups is 2. The van der Waals surface area contributed by atoms with Crippen molar-refractivity contribution in [2.24, 2.45) is 0 Å². The molecule has 0 fully saturated rings. The van der Waals surface area contributed by atoms with E-state index in [2.05, 4.69) is 10.0 Å². The minimum absolute atomic E-state index is 0.0851. The van der Waals surface area contributed by atoms with E-state index in [0.717, 1.165) is 5.56 Å². The Morgan fingerprint density at radius 2 is 1.76 bits per heavy atom. The zero-order valence-electron chi connectivity index (χ0n) is 14.6. The van der Waals surface area contributed by atoms with Crippen LogP contribution in [0.4, 0.5) is 4.79 Å². The smallest absolute Gasteiger partial charge is 0.408 e. The van der Waals surface area contributed by atoms with E-state index in [9.17, 15) is 18.0 Å². The summed E-state index contributed by atoms with van der Waals surface area (Å²) in [5, 5.41) is 2.42. The Morgan fingerprint density at radius 3 is 2.32 bits per heavy atom. The summed E-state index contributed by atoms with van der Waals surface area (Å²) < 4.78 is 32.5. The second-order valence-corrected chi connectivity index (χ2v) is 8.56. The van der Waals surface area contributed by atoms with Gasteiger partial charge in [-0.15, -0.1) is 0 Å². The second kappa shape index (κ2) is 6.97. The average Bonchev–Trinajstić information content (AvgIpc) is 2.78. The normalized spacial score (nSPS) is 20.6. The highest BCUT2D eigenvalue weighted by Gasteiger charge is 2.35. The third kappa shape index (κ3) is 5.14. The molecular formula is C17H22N2O5S. The van der Waals surface area contributed by atoms with Gasteiger partial charge in [0.05, 0.1) is 10.9 Å². The molecule has 1 aromatic carbocycles. The Labute approximate surface area is 147 Å². The van der Waals surface area contributed by atoms with Gasteiger partial charge in [-0.05, 0) is 45.9 Å². The maximum Gasteiger partial charge on any atom is 0.408 e. The average molecular weight is 366 g/mol. The van der Waals surface area contributed by atoms with Crippen molar-refractivity contribution < 1.29 is 22.7 Å². The van der Waals surface area contributed by atoms with E-state index in [1.165, 1.54) is 24.3 Å². The van der Waals surface area contributed by atoms with Crippen LogP contribution in [0.3, 0.4) is 0 Å². The molecule has 8 heteroatoms. The zero-order valence-corrected chi connectivity index (χ0v) is 15.4. The molecule has 0 bridgehead atoms. The number of aryl methyl sites for hydroxylation is 1. The van der Waals surface area contributed by atoms with E-state index in [1.807, 2.05) is 6.92 Å². The number of alkyl carbamates (subject to hydrolysis) is 1. The fraction of sp³-hybridized carbons (Fsp3) is 0.412. The van der Waals surface area contributed by atoms with Crippen LogP contribution in [0.2, 0.25) is 0 Å². The summed E-state index contributed by atoms with van der Waals surface area (Å²) in [6.07, 6.45) is 1.87. The molecule has 2 atom stereocenters. The lowest BCUT2D eigenvalue weighted by Crippen LogP contribution is -2.52. The van der Waals surface area contributed by atoms with E-state index < -0.39 is 39.6 Å². The predicted octanol–water partition coefficient (Wildman–Crippen LogP) is 1.67. The number of sulfonamides is 1. The monoisotopic (exact) mass is 366 g/mol. The van der Waals surface area contributed by atoms with Crippen molar-refractivity contribution in [3.63, 3.8) is 0 Å². The minimum Gasteiger partial charge on any atom is -0.444 e. The van der Waals surface area contributed by atoms with Crippen LogP contribution in [0.15, 0.2) is 41.3 Å². The maximum atomic E-state index is 12.5. The molecule has 2 N–H and O–H groups in total. The van der Waals surface area contributed by atoms with Gasteiger partial charge in [-0.2, -0.15) is 0 Å². The number of hydrogen-bond donors (Lipinski definition) is 2. The van der Waals surface area contributed by atoms with Crippen LogP contribution in [0.5, 0.6) is 0 Å². The van der Waals surface area contributed by atoms with Crippen LogP contribution in [-0.2, 0) is 19.6 Å². The molecule has 0 aliphatic heterocycles. The van der Waals surface area contributed by atoms with E-state index in [1.54, 1.807) is 32.9 Å². The van der Waals surface area contributed by atoms with E-state index in [-0.39, 0.29) is 4.90 Å². The van der Waals surface area contributed by atoms with Crippen molar-refractivity contribution in [2.45, 2.75) is 50.3 Å². The molecule has 0 heterocycles. The van der Waals surface area contributed by atoms with Crippen molar-refractivity contribution >= 4 is 21.9 Å². The molecule has 0 saturated heterocycles. The lowest BCUT2D eigenvalue weighted by Gasteiger charge is -2.24. The van der Waals surface area contributed by atoms with Gasteiger partial charge in [0.25, 0.3) is 0 Å². The largest absolute Gasteiger partial charge is 0.444 e. The molecule has 2 rings (SSSR count). The molecule has 1 aromatic rings. The maximum absolute atomic E-state index is 12.5. The summed E-state index contributed by atoms with van der Waals surface area (Å²) >= 11 is 0. The SMILES string of the molecule is Cc1ccc(S(=O)(=O)N[C@@H]2C=CC(=O)[C@H]2NC(=O)OC(C)(C)C)cc1. The van der Waals surface area contributed by atoms with Gasteiger partial charge in [-0.1, -0.05) is 23.8 Å². The molecule has 7 nitrogen and oxygen atoms in total. The van der Waals surface area contributed by atoms with Crippen LogP contribution >= 0.6 is 0 Å². The van der Waals surface area contributed by atoms with Gasteiger partial charge in [-0.3, -0.25) is 4.79 Å². The fourth-order valence-electron chi connectivity index (χ4n) is 2.26. The van der Waals surface area contributed by atoms with E-state index in [4.69, 9.17) is 4.74 Å². The number of carbonyl (C=O) groups excluding carboxylic acids is 2. The van der Waals surface area contributed by atoms with Gasteiger partial charge in [0.1, 0.15) is 11.6 Å². The van der Waals surface area contributed by atoms with Gasteiger partial charge < -0.3 is 10.1 Å². The lowest BCUT2D eigenvalue weighted by molar-refractivity contribution is -0.116. The number of amides is 1. The van der Waals surface area contributed by atoms with Crippen molar-refractivity contribution in [1.29, 1.82) is 0 Å². The first-order valence-corrected chi connectivity index (χ1v) is 9.27. The highest BCUT2D eigenvalue weighted by Crippen LogP contribution is 2.15. The first-order valence-electron chi connectivity index (χ1n) is 7.78. The van der Waals surface area contributed by atoms with Crippen molar-refractivity contribution in [1.82, 2.24) is 10.0 Å². The molecule has 136 valence electrons. The number of ether oxygens (including phenoxy) is 1. The molecule has 25 heavy (non-hydrogen) atoms. The molecule has 1 aliphatic carbocycles. The third-order valence-electron chi connectivity index (χ3n) is 3.43. The van der Waals surface area contributed by atoms with Crippen molar-refractivity contribution in [3.8, 4) is 0 Å². The molecule has 0 radical (unpaired) electrons. The number of rotatable bonds is 4. The van der Waals surface area contributed by atoms with Gasteiger partial charge in [0.2, 0.25) is 10.0 Å². The summed E-state index contributed by atoms with van der Waals surface area (Å²) in [7, 11) is -3.83. The highest BCUT2D eigenvalue weighted by molar-refractivity contribution is 7.89. The molecular weight excluding hydrogens is 344 g/mol. The van der Waals surface area contributed by atoms with Crippen molar-refractivity contribution in [3.05, 3.63) is 42.0 Å². The first kappa shape index (κ1) is 19.1. The van der Waals surface area contributed by atoms with Gasteiger partial charge >= 0.3 is 6.09 Å².